The molecule has 0 heterocycles. The SMILES string of the molecule is C1=CC[C]([Hf+2]([C]2=CC=CC2)[CH](c2ccccc2)c2ccccc2)=C1.[Cl-].[Cl-]. The summed E-state index contributed by atoms with van der Waals surface area (Å²) in [5, 5.41) is 0. The average Bonchev–Trinajstić information content (AvgIpc) is 3.35. The minimum atomic E-state index is -2.24. The van der Waals surface area contributed by atoms with Crippen molar-refractivity contribution in [3.05, 3.63) is 115 Å². The van der Waals surface area contributed by atoms with E-state index in [0.29, 0.717) is 3.67 Å². The van der Waals surface area contributed by atoms with Gasteiger partial charge >= 0.3 is 153 Å². The number of halogens is 2. The van der Waals surface area contributed by atoms with Crippen LogP contribution in [0.3, 0.4) is 0 Å². The molecule has 2 aliphatic rings. The van der Waals surface area contributed by atoms with Crippen molar-refractivity contribution in [1.82, 2.24) is 0 Å². The molecular weight excluding hydrogens is 526 g/mol. The van der Waals surface area contributed by atoms with Crippen molar-refractivity contribution in [2.24, 2.45) is 0 Å². The maximum atomic E-state index is 2.42. The number of benzene rings is 2. The Kier molecular flexibility index (Phi) is 8.34. The van der Waals surface area contributed by atoms with Crippen molar-refractivity contribution in [2.75, 3.05) is 0 Å². The second-order valence-electron chi connectivity index (χ2n) is 6.32. The van der Waals surface area contributed by atoms with Crippen LogP contribution < -0.4 is 24.8 Å². The number of hydrogen-bond donors (Lipinski definition) is 0. The molecule has 2 aromatic carbocycles. The van der Waals surface area contributed by atoms with Gasteiger partial charge in [0.05, 0.1) is 0 Å². The Labute approximate surface area is 176 Å². The molecule has 4 rings (SSSR count). The summed E-state index contributed by atoms with van der Waals surface area (Å²) in [6, 6.07) is 22.3. The first-order valence-corrected chi connectivity index (χ1v) is 14.3. The maximum absolute atomic E-state index is 2.42. The molecule has 0 radical (unpaired) electrons. The van der Waals surface area contributed by atoms with Crippen molar-refractivity contribution < 1.29 is 46.3 Å². The summed E-state index contributed by atoms with van der Waals surface area (Å²) in [6.07, 6.45) is 16.3. The first kappa shape index (κ1) is 21.2. The van der Waals surface area contributed by atoms with E-state index < -0.39 is 21.4 Å². The summed E-state index contributed by atoms with van der Waals surface area (Å²) < 4.78 is 4.06. The van der Waals surface area contributed by atoms with E-state index in [4.69, 9.17) is 0 Å². The predicted molar refractivity (Wildman–Crippen MR) is 98.4 cm³/mol. The Morgan fingerprint density at radius 3 is 1.38 bits per heavy atom. The van der Waals surface area contributed by atoms with Gasteiger partial charge in [-0.05, 0) is 0 Å². The minimum absolute atomic E-state index is 0. The smallest absolute Gasteiger partial charge is 1.00 e. The topological polar surface area (TPSA) is 0 Å². The van der Waals surface area contributed by atoms with Crippen molar-refractivity contribution in [3.63, 3.8) is 0 Å². The largest absolute Gasteiger partial charge is 1.00 e. The van der Waals surface area contributed by atoms with Crippen LogP contribution >= 0.6 is 0 Å². The average molecular weight is 547 g/mol. The number of rotatable bonds is 5. The van der Waals surface area contributed by atoms with E-state index >= 15 is 0 Å². The van der Waals surface area contributed by atoms with Gasteiger partial charge in [-0.25, -0.2) is 0 Å². The molecule has 0 aromatic heterocycles. The van der Waals surface area contributed by atoms with Gasteiger partial charge in [-0.15, -0.1) is 0 Å². The zero-order chi connectivity index (χ0) is 16.2. The second-order valence-corrected chi connectivity index (χ2v) is 16.0. The molecule has 0 amide bonds. The molecule has 0 nitrogen and oxygen atoms in total. The summed E-state index contributed by atoms with van der Waals surface area (Å²) in [5.74, 6) is 0. The molecule has 2 aromatic rings. The van der Waals surface area contributed by atoms with Crippen LogP contribution in [-0.4, -0.2) is 0 Å². The summed E-state index contributed by atoms with van der Waals surface area (Å²) >= 11 is -2.24. The van der Waals surface area contributed by atoms with Gasteiger partial charge in [-0.1, -0.05) is 0 Å². The van der Waals surface area contributed by atoms with Gasteiger partial charge in [0.15, 0.2) is 0 Å². The molecule has 0 N–H and O–H groups in total. The van der Waals surface area contributed by atoms with Crippen LogP contribution in [-0.2, 0) is 21.4 Å². The second kappa shape index (κ2) is 10.3. The van der Waals surface area contributed by atoms with E-state index in [2.05, 4.69) is 97.1 Å². The van der Waals surface area contributed by atoms with Crippen LogP contribution in [0.25, 0.3) is 0 Å². The van der Waals surface area contributed by atoms with Crippen molar-refractivity contribution in [3.8, 4) is 0 Å². The fraction of sp³-hybridized carbons (Fsp3) is 0.130. The Bertz CT molecular complexity index is 750. The Morgan fingerprint density at radius 1 is 0.615 bits per heavy atom. The molecule has 0 bridgehead atoms. The first-order valence-electron chi connectivity index (χ1n) is 8.62. The fourth-order valence-electron chi connectivity index (χ4n) is 3.69. The number of hydrogen-bond acceptors (Lipinski definition) is 0. The van der Waals surface area contributed by atoms with E-state index in [0.717, 1.165) is 12.8 Å². The standard InChI is InChI=1S/C13H11.2C5H5.2ClH.Hf/c1-3-7-12(8-4-1)11-13-9-5-2-6-10-13;2*1-2-4-5-3-1;;;/h1-11H;2*1-3H,4H2;2*1H;/q;;;;;+2/p-2. The molecule has 0 saturated carbocycles. The van der Waals surface area contributed by atoms with Crippen LogP contribution in [0.2, 0.25) is 0 Å². The third-order valence-corrected chi connectivity index (χ3v) is 16.9. The molecule has 0 saturated heterocycles. The normalized spacial score (nSPS) is 14.5. The fourth-order valence-corrected chi connectivity index (χ4v) is 16.0. The zero-order valence-corrected chi connectivity index (χ0v) is 19.6. The summed E-state index contributed by atoms with van der Waals surface area (Å²) in [5.41, 5.74) is 2.98. The summed E-state index contributed by atoms with van der Waals surface area (Å²) in [4.78, 5) is 0. The third-order valence-electron chi connectivity index (χ3n) is 4.79. The van der Waals surface area contributed by atoms with Crippen LogP contribution in [0, 0.1) is 0 Å². The summed E-state index contributed by atoms with van der Waals surface area (Å²) in [7, 11) is 0. The Morgan fingerprint density at radius 2 is 1.04 bits per heavy atom. The molecule has 131 valence electrons. The first-order chi connectivity index (χ1) is 11.9. The van der Waals surface area contributed by atoms with Gasteiger partial charge in [-0.3, -0.25) is 0 Å². The van der Waals surface area contributed by atoms with E-state index in [1.165, 1.54) is 11.1 Å². The predicted octanol–water partition coefficient (Wildman–Crippen LogP) is 0.0898. The van der Waals surface area contributed by atoms with Gasteiger partial charge in [0.25, 0.3) is 0 Å². The molecule has 0 aliphatic heterocycles. The van der Waals surface area contributed by atoms with Gasteiger partial charge in [0.1, 0.15) is 0 Å². The van der Waals surface area contributed by atoms with Gasteiger partial charge in [0.2, 0.25) is 0 Å². The molecule has 0 atom stereocenters. The van der Waals surface area contributed by atoms with Crippen LogP contribution in [0.15, 0.2) is 104 Å². The quantitative estimate of drug-likeness (QED) is 0.467. The number of allylic oxidation sites excluding steroid dienone is 8. The molecule has 0 spiro atoms. The van der Waals surface area contributed by atoms with E-state index in [-0.39, 0.29) is 24.8 Å². The molecule has 2 aliphatic carbocycles. The third kappa shape index (κ3) is 4.57. The molecule has 26 heavy (non-hydrogen) atoms. The molecule has 0 fully saturated rings. The molecule has 3 heteroatoms. The zero-order valence-electron chi connectivity index (χ0n) is 14.5. The summed E-state index contributed by atoms with van der Waals surface area (Å²) in [6.45, 7) is 0. The van der Waals surface area contributed by atoms with Crippen molar-refractivity contribution >= 4 is 0 Å². The van der Waals surface area contributed by atoms with Crippen LogP contribution in [0.4, 0.5) is 0 Å². The van der Waals surface area contributed by atoms with Gasteiger partial charge in [-0.2, -0.15) is 0 Å². The van der Waals surface area contributed by atoms with Gasteiger partial charge in [0, 0.05) is 0 Å². The Hall–Kier alpha value is -1.15. The Balaban J connectivity index is 0.00000121. The monoisotopic (exact) mass is 547 g/mol. The van der Waals surface area contributed by atoms with E-state index in [9.17, 15) is 0 Å². The van der Waals surface area contributed by atoms with E-state index in [1.54, 1.807) is 6.66 Å². The van der Waals surface area contributed by atoms with Crippen molar-refractivity contribution in [2.45, 2.75) is 16.5 Å². The van der Waals surface area contributed by atoms with Crippen LogP contribution in [0.5, 0.6) is 0 Å². The van der Waals surface area contributed by atoms with Crippen molar-refractivity contribution in [1.29, 1.82) is 0 Å². The van der Waals surface area contributed by atoms with Crippen LogP contribution in [0.1, 0.15) is 27.6 Å². The maximum Gasteiger partial charge on any atom is -1.00 e. The molecular formula is C23H21Cl2Hf. The van der Waals surface area contributed by atoms with E-state index in [1.807, 2.05) is 0 Å². The minimum Gasteiger partial charge on any atom is -1.00 e. The van der Waals surface area contributed by atoms with Gasteiger partial charge < -0.3 is 24.8 Å². The molecule has 0 unspecified atom stereocenters.